The van der Waals surface area contributed by atoms with Crippen LogP contribution in [0.3, 0.4) is 0 Å². The highest BCUT2D eigenvalue weighted by Gasteiger charge is 2.60. The van der Waals surface area contributed by atoms with Gasteiger partial charge in [0.05, 0.1) is 18.6 Å². The Hall–Kier alpha value is -2.29. The van der Waals surface area contributed by atoms with Crippen LogP contribution in [0, 0.1) is 0 Å². The lowest BCUT2D eigenvalue weighted by molar-refractivity contribution is -0.0884. The van der Waals surface area contributed by atoms with Gasteiger partial charge in [0.2, 0.25) is 0 Å². The molecule has 4 aliphatic rings. The first-order valence-electron chi connectivity index (χ1n) is 12.1. The molecule has 1 aromatic rings. The average Bonchev–Trinajstić information content (AvgIpc) is 3.26. The van der Waals surface area contributed by atoms with E-state index >= 15 is 0 Å². The smallest absolute Gasteiger partial charge is 0.415 e. The maximum atomic E-state index is 13.1. The lowest BCUT2D eigenvalue weighted by atomic mass is 9.63. The van der Waals surface area contributed by atoms with Crippen LogP contribution in [-0.4, -0.2) is 78.6 Å². The van der Waals surface area contributed by atoms with E-state index in [0.717, 1.165) is 43.4 Å². The number of rotatable bonds is 5. The average molecular weight is 458 g/mol. The van der Waals surface area contributed by atoms with Crippen molar-refractivity contribution in [3.63, 3.8) is 0 Å². The molecular formula is C25H35N3O5. The molecule has 1 fully saturated rings. The summed E-state index contributed by atoms with van der Waals surface area (Å²) < 4.78 is 18.0. The summed E-state index contributed by atoms with van der Waals surface area (Å²) in [5.74, 6) is 1.44. The van der Waals surface area contributed by atoms with E-state index in [-0.39, 0.29) is 24.1 Å². The summed E-state index contributed by atoms with van der Waals surface area (Å²) in [7, 11) is 3.66. The Labute approximate surface area is 195 Å². The van der Waals surface area contributed by atoms with E-state index in [1.54, 1.807) is 12.0 Å². The molecule has 0 radical (unpaired) electrons. The summed E-state index contributed by atoms with van der Waals surface area (Å²) in [5.41, 5.74) is 7.03. The maximum absolute atomic E-state index is 13.1. The summed E-state index contributed by atoms with van der Waals surface area (Å²) in [6.45, 7) is 3.99. The van der Waals surface area contributed by atoms with E-state index in [1.807, 2.05) is 19.2 Å². The zero-order valence-corrected chi connectivity index (χ0v) is 19.8. The van der Waals surface area contributed by atoms with Crippen molar-refractivity contribution in [2.24, 2.45) is 5.73 Å². The fraction of sp³-hybridized carbons (Fsp3) is 0.640. The van der Waals surface area contributed by atoms with Gasteiger partial charge in [0.1, 0.15) is 5.76 Å². The van der Waals surface area contributed by atoms with Gasteiger partial charge >= 0.3 is 6.09 Å². The van der Waals surface area contributed by atoms with Crippen molar-refractivity contribution in [2.75, 3.05) is 33.8 Å². The van der Waals surface area contributed by atoms with Gasteiger partial charge in [-0.05, 0) is 57.0 Å². The van der Waals surface area contributed by atoms with E-state index in [2.05, 4.69) is 17.9 Å². The van der Waals surface area contributed by atoms with Gasteiger partial charge in [-0.3, -0.25) is 0 Å². The minimum absolute atomic E-state index is 0.00183. The number of likely N-dealkylation sites (tertiary alicyclic amines) is 1. The molecule has 3 unspecified atom stereocenters. The number of hydrogen-bond acceptors (Lipinski definition) is 7. The van der Waals surface area contributed by atoms with E-state index in [0.29, 0.717) is 36.8 Å². The van der Waals surface area contributed by atoms with Gasteiger partial charge in [-0.15, -0.1) is 0 Å². The molecule has 1 aromatic carbocycles. The van der Waals surface area contributed by atoms with Crippen LogP contribution in [0.1, 0.15) is 49.7 Å². The van der Waals surface area contributed by atoms with Crippen molar-refractivity contribution >= 4 is 6.09 Å². The molecule has 33 heavy (non-hydrogen) atoms. The molecule has 5 rings (SSSR count). The van der Waals surface area contributed by atoms with Gasteiger partial charge in [-0.25, -0.2) is 4.79 Å². The summed E-state index contributed by atoms with van der Waals surface area (Å²) in [6.07, 6.45) is 4.92. The Morgan fingerprint density at radius 2 is 2.21 bits per heavy atom. The molecule has 0 spiro atoms. The molecule has 2 aliphatic heterocycles. The van der Waals surface area contributed by atoms with Crippen molar-refractivity contribution in [3.8, 4) is 11.5 Å². The van der Waals surface area contributed by atoms with Crippen LogP contribution in [0.25, 0.3) is 0 Å². The fourth-order valence-corrected chi connectivity index (χ4v) is 6.24. The molecule has 2 heterocycles. The second-order valence-electron chi connectivity index (χ2n) is 9.73. The Balaban J connectivity index is 1.51. The third-order valence-corrected chi connectivity index (χ3v) is 8.14. The van der Waals surface area contributed by atoms with Crippen LogP contribution in [0.2, 0.25) is 0 Å². The third-order valence-electron chi connectivity index (χ3n) is 8.14. The van der Waals surface area contributed by atoms with Crippen LogP contribution < -0.4 is 15.2 Å². The second-order valence-corrected chi connectivity index (χ2v) is 9.73. The highest BCUT2D eigenvalue weighted by atomic mass is 16.6. The van der Waals surface area contributed by atoms with Gasteiger partial charge in [-0.1, -0.05) is 13.0 Å². The zero-order chi connectivity index (χ0) is 23.3. The number of amides is 1. The normalized spacial score (nSPS) is 32.2. The van der Waals surface area contributed by atoms with Crippen molar-refractivity contribution in [1.82, 2.24) is 9.80 Å². The Morgan fingerprint density at radius 1 is 1.39 bits per heavy atom. The van der Waals surface area contributed by atoms with Crippen LogP contribution in [0.4, 0.5) is 4.79 Å². The number of nitrogens with zero attached hydrogens (tertiary/aromatic N) is 2. The number of aliphatic hydroxyl groups is 1. The molecule has 0 aromatic heterocycles. The van der Waals surface area contributed by atoms with Crippen molar-refractivity contribution < 1.29 is 24.1 Å². The molecule has 8 nitrogen and oxygen atoms in total. The molecule has 3 N–H and O–H groups in total. The molecule has 2 aliphatic carbocycles. The molecule has 1 saturated heterocycles. The Kier molecular flexibility index (Phi) is 5.79. The number of carbonyl (C=O) groups excluding carboxylic acids is 1. The van der Waals surface area contributed by atoms with Crippen LogP contribution in [0.15, 0.2) is 24.0 Å². The van der Waals surface area contributed by atoms with Gasteiger partial charge in [0.15, 0.2) is 17.6 Å². The first-order valence-corrected chi connectivity index (χ1v) is 12.1. The van der Waals surface area contributed by atoms with Gasteiger partial charge < -0.3 is 34.9 Å². The predicted molar refractivity (Wildman–Crippen MR) is 123 cm³/mol. The topological polar surface area (TPSA) is 97.5 Å². The molecule has 5 atom stereocenters. The van der Waals surface area contributed by atoms with Crippen molar-refractivity contribution in [2.45, 2.75) is 68.7 Å². The summed E-state index contributed by atoms with van der Waals surface area (Å²) in [4.78, 5) is 17.1. The standard InChI is InChI=1S/C25H35N3O5/c1-4-27(2)19-13-15-8-9-17(31-3)22-20(15)21-23(33-22)18(10-11-25(19,21)30)32-24(29)28-12-6-5-7-16(28)14-26/h8-10,16,19,21,23,30H,4-7,11-14,26H2,1-3H3/t16?,19?,21?,23-,25+/m0/s1. The second kappa shape index (κ2) is 8.49. The summed E-state index contributed by atoms with van der Waals surface area (Å²) in [5, 5.41) is 12.1. The van der Waals surface area contributed by atoms with Crippen LogP contribution >= 0.6 is 0 Å². The Morgan fingerprint density at radius 3 is 2.94 bits per heavy atom. The number of methoxy groups -OCH3 is 1. The van der Waals surface area contributed by atoms with E-state index in [9.17, 15) is 9.90 Å². The first kappa shape index (κ1) is 22.5. The van der Waals surface area contributed by atoms with E-state index in [1.165, 1.54) is 0 Å². The number of carbonyl (C=O) groups is 1. The first-order chi connectivity index (χ1) is 15.9. The van der Waals surface area contributed by atoms with Crippen molar-refractivity contribution in [1.29, 1.82) is 0 Å². The molecule has 0 saturated carbocycles. The zero-order valence-electron chi connectivity index (χ0n) is 19.8. The molecule has 180 valence electrons. The minimum atomic E-state index is -1.03. The quantitative estimate of drug-likeness (QED) is 0.701. The number of hydrogen-bond donors (Lipinski definition) is 2. The SMILES string of the molecule is CCN(C)C1Cc2ccc(OC)c3c2C2[C@@H](O3)C(OC(=O)N3CCCCC3CN)=CC[C@]21O. The van der Waals surface area contributed by atoms with Crippen LogP contribution in [0.5, 0.6) is 11.5 Å². The third kappa shape index (κ3) is 3.42. The Bertz CT molecular complexity index is 966. The number of benzene rings is 1. The number of likely N-dealkylation sites (N-methyl/N-ethyl adjacent to an activating group) is 1. The van der Waals surface area contributed by atoms with Gasteiger partial charge in [0, 0.05) is 37.2 Å². The monoisotopic (exact) mass is 457 g/mol. The maximum Gasteiger partial charge on any atom is 0.415 e. The number of nitrogens with two attached hydrogens (primary N) is 1. The fourth-order valence-electron chi connectivity index (χ4n) is 6.24. The van der Waals surface area contributed by atoms with Crippen LogP contribution in [-0.2, 0) is 11.2 Å². The van der Waals surface area contributed by atoms with Gasteiger partial charge in [0.25, 0.3) is 0 Å². The lowest BCUT2D eigenvalue weighted by Crippen LogP contribution is -2.61. The van der Waals surface area contributed by atoms with Gasteiger partial charge in [-0.2, -0.15) is 0 Å². The minimum Gasteiger partial charge on any atom is -0.493 e. The van der Waals surface area contributed by atoms with E-state index < -0.39 is 11.7 Å². The molecule has 0 bridgehead atoms. The van der Waals surface area contributed by atoms with Crippen molar-refractivity contribution in [3.05, 3.63) is 35.1 Å². The summed E-state index contributed by atoms with van der Waals surface area (Å²) >= 11 is 0. The number of ether oxygens (including phenoxy) is 3. The lowest BCUT2D eigenvalue weighted by Gasteiger charge is -2.50. The largest absolute Gasteiger partial charge is 0.493 e. The summed E-state index contributed by atoms with van der Waals surface area (Å²) in [6, 6.07) is 3.93. The molecule has 8 heteroatoms. The molecule has 1 amide bonds. The van der Waals surface area contributed by atoms with E-state index in [4.69, 9.17) is 19.9 Å². The highest BCUT2D eigenvalue weighted by molar-refractivity contribution is 5.70. The predicted octanol–water partition coefficient (Wildman–Crippen LogP) is 2.38. The highest BCUT2D eigenvalue weighted by Crippen LogP contribution is 2.59. The molecular weight excluding hydrogens is 422 g/mol. The number of piperidine rings is 1.